The second-order valence-corrected chi connectivity index (χ2v) is 9.90. The molecule has 0 saturated heterocycles. The molecule has 0 aliphatic heterocycles. The first-order valence-electron chi connectivity index (χ1n) is 7.67. The molecule has 1 heterocycles. The molecular weight excluding hydrogens is 378 g/mol. The Kier molecular flexibility index (Phi) is 5.89. The van der Waals surface area contributed by atoms with Crippen LogP contribution in [-0.2, 0) is 26.4 Å². The molecule has 1 aromatic carbocycles. The van der Waals surface area contributed by atoms with E-state index in [9.17, 15) is 21.6 Å². The SMILES string of the molecule is CN(CCS(C)(=O)=O)C(=O)c1cc(S(N)(=O)=O)cn1Cc1ccccc1. The lowest BCUT2D eigenvalue weighted by atomic mass is 10.2. The van der Waals surface area contributed by atoms with E-state index >= 15 is 0 Å². The van der Waals surface area contributed by atoms with Gasteiger partial charge in [0.15, 0.2) is 0 Å². The van der Waals surface area contributed by atoms with Crippen LogP contribution in [0.15, 0.2) is 47.5 Å². The van der Waals surface area contributed by atoms with Gasteiger partial charge in [0.2, 0.25) is 10.0 Å². The lowest BCUT2D eigenvalue weighted by Gasteiger charge is -2.18. The number of carbonyl (C=O) groups is 1. The molecule has 26 heavy (non-hydrogen) atoms. The Balaban J connectivity index is 2.35. The molecule has 1 amide bonds. The van der Waals surface area contributed by atoms with Crippen LogP contribution in [0.2, 0.25) is 0 Å². The second kappa shape index (κ2) is 7.60. The molecule has 0 radical (unpaired) electrons. The minimum atomic E-state index is -3.98. The molecule has 0 aliphatic carbocycles. The Labute approximate surface area is 153 Å². The van der Waals surface area contributed by atoms with Gasteiger partial charge in [-0.2, -0.15) is 0 Å². The van der Waals surface area contributed by atoms with E-state index < -0.39 is 25.8 Å². The van der Waals surface area contributed by atoms with Gasteiger partial charge >= 0.3 is 0 Å². The van der Waals surface area contributed by atoms with Gasteiger partial charge in [0.1, 0.15) is 20.4 Å². The Bertz CT molecular complexity index is 996. The van der Waals surface area contributed by atoms with Gasteiger partial charge < -0.3 is 9.47 Å². The monoisotopic (exact) mass is 399 g/mol. The molecule has 2 N–H and O–H groups in total. The zero-order valence-electron chi connectivity index (χ0n) is 14.5. The normalized spacial score (nSPS) is 12.1. The van der Waals surface area contributed by atoms with Crippen molar-refractivity contribution in [3.8, 4) is 0 Å². The van der Waals surface area contributed by atoms with E-state index in [1.807, 2.05) is 30.3 Å². The van der Waals surface area contributed by atoms with Crippen molar-refractivity contribution in [1.82, 2.24) is 9.47 Å². The van der Waals surface area contributed by atoms with E-state index in [0.29, 0.717) is 0 Å². The van der Waals surface area contributed by atoms with Crippen LogP contribution in [0.3, 0.4) is 0 Å². The number of hydrogen-bond acceptors (Lipinski definition) is 5. The summed E-state index contributed by atoms with van der Waals surface area (Å²) in [5.74, 6) is -0.670. The van der Waals surface area contributed by atoms with Gasteiger partial charge in [-0.05, 0) is 11.6 Å². The molecule has 0 aliphatic rings. The standard InChI is InChI=1S/C16H21N3O5S2/c1-18(8-9-25(2,21)22)16(20)15-10-14(26(17,23)24)12-19(15)11-13-6-4-3-5-7-13/h3-7,10,12H,8-9,11H2,1-2H3,(H2,17,23,24). The number of rotatable bonds is 7. The van der Waals surface area contributed by atoms with E-state index in [2.05, 4.69) is 0 Å². The fraction of sp³-hybridized carbons (Fsp3) is 0.312. The number of aromatic nitrogens is 1. The van der Waals surface area contributed by atoms with E-state index in [0.717, 1.165) is 11.8 Å². The average molecular weight is 399 g/mol. The van der Waals surface area contributed by atoms with Crippen LogP contribution >= 0.6 is 0 Å². The molecular formula is C16H21N3O5S2. The summed E-state index contributed by atoms with van der Waals surface area (Å²) in [5.41, 5.74) is 0.991. The number of benzene rings is 1. The molecule has 0 unspecified atom stereocenters. The van der Waals surface area contributed by atoms with Gasteiger partial charge in [0, 0.05) is 32.6 Å². The van der Waals surface area contributed by atoms with Crippen molar-refractivity contribution in [2.45, 2.75) is 11.4 Å². The fourth-order valence-electron chi connectivity index (χ4n) is 2.33. The third kappa shape index (κ3) is 5.41. The minimum absolute atomic E-state index is 0.00110. The van der Waals surface area contributed by atoms with Crippen LogP contribution in [0.25, 0.3) is 0 Å². The number of carbonyl (C=O) groups excluding carboxylic acids is 1. The molecule has 2 aromatic rings. The molecule has 0 fully saturated rings. The van der Waals surface area contributed by atoms with Gasteiger partial charge in [0.05, 0.1) is 5.75 Å². The molecule has 10 heteroatoms. The van der Waals surface area contributed by atoms with E-state index in [4.69, 9.17) is 5.14 Å². The van der Waals surface area contributed by atoms with Crippen molar-refractivity contribution in [2.24, 2.45) is 5.14 Å². The number of sulfone groups is 1. The maximum absolute atomic E-state index is 12.7. The molecule has 2 rings (SSSR count). The number of hydrogen-bond donors (Lipinski definition) is 1. The predicted molar refractivity (Wildman–Crippen MR) is 98.0 cm³/mol. The van der Waals surface area contributed by atoms with Crippen LogP contribution in [0.4, 0.5) is 0 Å². The van der Waals surface area contributed by atoms with Crippen LogP contribution < -0.4 is 5.14 Å². The number of sulfonamides is 1. The maximum atomic E-state index is 12.7. The lowest BCUT2D eigenvalue weighted by Crippen LogP contribution is -2.32. The van der Waals surface area contributed by atoms with Crippen molar-refractivity contribution < 1.29 is 21.6 Å². The maximum Gasteiger partial charge on any atom is 0.270 e. The van der Waals surface area contributed by atoms with Gasteiger partial charge in [-0.15, -0.1) is 0 Å². The van der Waals surface area contributed by atoms with Crippen LogP contribution in [0, 0.1) is 0 Å². The summed E-state index contributed by atoms with van der Waals surface area (Å²) < 4.78 is 47.4. The van der Waals surface area contributed by atoms with Gasteiger partial charge in [-0.3, -0.25) is 4.79 Å². The molecule has 1 aromatic heterocycles. The summed E-state index contributed by atoms with van der Waals surface area (Å²) in [7, 11) is -5.74. The minimum Gasteiger partial charge on any atom is -0.339 e. The molecule has 0 bridgehead atoms. The van der Waals surface area contributed by atoms with Crippen LogP contribution in [-0.4, -0.2) is 57.8 Å². The van der Waals surface area contributed by atoms with Crippen molar-refractivity contribution >= 4 is 25.8 Å². The Morgan fingerprint density at radius 3 is 2.31 bits per heavy atom. The van der Waals surface area contributed by atoms with Crippen LogP contribution in [0.1, 0.15) is 16.1 Å². The molecule has 142 valence electrons. The summed E-state index contributed by atoms with van der Waals surface area (Å²) in [6.07, 6.45) is 2.39. The lowest BCUT2D eigenvalue weighted by molar-refractivity contribution is 0.0793. The van der Waals surface area contributed by atoms with E-state index in [1.165, 1.54) is 28.8 Å². The Morgan fingerprint density at radius 1 is 1.15 bits per heavy atom. The zero-order valence-corrected chi connectivity index (χ0v) is 16.1. The number of primary sulfonamides is 1. The summed E-state index contributed by atoms with van der Waals surface area (Å²) in [6, 6.07) is 10.4. The highest BCUT2D eigenvalue weighted by atomic mass is 32.2. The van der Waals surface area contributed by atoms with Gasteiger partial charge in [-0.25, -0.2) is 22.0 Å². The molecule has 0 saturated carbocycles. The second-order valence-electron chi connectivity index (χ2n) is 6.08. The first kappa shape index (κ1) is 20.1. The Morgan fingerprint density at radius 2 is 1.77 bits per heavy atom. The van der Waals surface area contributed by atoms with Crippen molar-refractivity contribution in [1.29, 1.82) is 0 Å². The summed E-state index contributed by atoms with van der Waals surface area (Å²) >= 11 is 0. The number of amides is 1. The fourth-order valence-corrected chi connectivity index (χ4v) is 3.48. The average Bonchev–Trinajstić information content (AvgIpc) is 2.96. The highest BCUT2D eigenvalue weighted by Crippen LogP contribution is 2.17. The molecule has 0 atom stereocenters. The highest BCUT2D eigenvalue weighted by Gasteiger charge is 2.22. The number of nitrogens with zero attached hydrogens (tertiary/aromatic N) is 2. The quantitative estimate of drug-likeness (QED) is 0.718. The Hall–Kier alpha value is -2.17. The first-order chi connectivity index (χ1) is 12.0. The molecule has 0 spiro atoms. The topological polar surface area (TPSA) is 120 Å². The highest BCUT2D eigenvalue weighted by molar-refractivity contribution is 7.90. The largest absolute Gasteiger partial charge is 0.339 e. The molecule has 8 nitrogen and oxygen atoms in total. The number of nitrogens with two attached hydrogens (primary N) is 1. The smallest absolute Gasteiger partial charge is 0.270 e. The zero-order chi connectivity index (χ0) is 19.5. The predicted octanol–water partition coefficient (Wildman–Crippen LogP) is 0.300. The first-order valence-corrected chi connectivity index (χ1v) is 11.3. The summed E-state index contributed by atoms with van der Waals surface area (Å²) in [5, 5.41) is 5.18. The van der Waals surface area contributed by atoms with Crippen molar-refractivity contribution in [3.63, 3.8) is 0 Å². The summed E-state index contributed by atoms with van der Waals surface area (Å²) in [4.78, 5) is 13.8. The van der Waals surface area contributed by atoms with Crippen molar-refractivity contribution in [3.05, 3.63) is 53.9 Å². The summed E-state index contributed by atoms with van der Waals surface area (Å²) in [6.45, 7) is 0.274. The van der Waals surface area contributed by atoms with Crippen molar-refractivity contribution in [2.75, 3.05) is 25.6 Å². The van der Waals surface area contributed by atoms with Gasteiger partial charge in [-0.1, -0.05) is 30.3 Å². The van der Waals surface area contributed by atoms with Crippen LogP contribution in [0.5, 0.6) is 0 Å². The van der Waals surface area contributed by atoms with Gasteiger partial charge in [0.25, 0.3) is 5.91 Å². The van der Waals surface area contributed by atoms with E-state index in [-0.39, 0.29) is 29.4 Å². The third-order valence-electron chi connectivity index (χ3n) is 3.76. The van der Waals surface area contributed by atoms with E-state index in [1.54, 1.807) is 0 Å². The third-order valence-corrected chi connectivity index (χ3v) is 5.56.